The van der Waals surface area contributed by atoms with Crippen LogP contribution in [0, 0.1) is 0 Å². The topological polar surface area (TPSA) is 38.9 Å². The standard InChI is InChI=1S/C13H22ClN5/c1-6-10-12-13(18(5)16-10)19(11(7-14)15-12)8-9(2)17(3)4/h9H,6-8H2,1-5H3. The van der Waals surface area contributed by atoms with E-state index >= 15 is 0 Å². The van der Waals surface area contributed by atoms with Crippen molar-refractivity contribution in [1.29, 1.82) is 0 Å². The summed E-state index contributed by atoms with van der Waals surface area (Å²) in [6.45, 7) is 5.17. The van der Waals surface area contributed by atoms with Gasteiger partial charge in [-0.2, -0.15) is 5.10 Å². The highest BCUT2D eigenvalue weighted by molar-refractivity contribution is 6.16. The summed E-state index contributed by atoms with van der Waals surface area (Å²) in [6, 6.07) is 0.416. The second-order valence-electron chi connectivity index (χ2n) is 5.18. The molecule has 2 aromatic rings. The molecule has 0 aliphatic heterocycles. The van der Waals surface area contributed by atoms with Gasteiger partial charge in [-0.25, -0.2) is 4.98 Å². The quantitative estimate of drug-likeness (QED) is 0.788. The maximum Gasteiger partial charge on any atom is 0.158 e. The molecule has 0 amide bonds. The van der Waals surface area contributed by atoms with E-state index in [1.165, 1.54) is 0 Å². The second kappa shape index (κ2) is 5.51. The van der Waals surface area contributed by atoms with Crippen molar-refractivity contribution in [2.45, 2.75) is 38.7 Å². The number of imidazole rings is 1. The van der Waals surface area contributed by atoms with Crippen LogP contribution in [0.25, 0.3) is 11.2 Å². The van der Waals surface area contributed by atoms with E-state index in [4.69, 9.17) is 11.6 Å². The number of aromatic nitrogens is 4. The zero-order valence-corrected chi connectivity index (χ0v) is 13.1. The molecule has 0 radical (unpaired) electrons. The SMILES string of the molecule is CCc1nn(C)c2c1nc(CCl)n2CC(C)N(C)C. The number of halogens is 1. The minimum atomic E-state index is 0.416. The average Bonchev–Trinajstić information content (AvgIpc) is 2.88. The number of hydrogen-bond donors (Lipinski definition) is 0. The predicted molar refractivity (Wildman–Crippen MR) is 78.6 cm³/mol. The number of hydrogen-bond acceptors (Lipinski definition) is 3. The summed E-state index contributed by atoms with van der Waals surface area (Å²) < 4.78 is 4.11. The first kappa shape index (κ1) is 14.3. The van der Waals surface area contributed by atoms with Crippen LogP contribution in [0.3, 0.4) is 0 Å². The molecule has 0 saturated carbocycles. The highest BCUT2D eigenvalue weighted by Gasteiger charge is 2.19. The van der Waals surface area contributed by atoms with Gasteiger partial charge in [0.15, 0.2) is 5.65 Å². The number of fused-ring (bicyclic) bond motifs is 1. The molecule has 0 aliphatic rings. The molecular weight excluding hydrogens is 262 g/mol. The summed E-state index contributed by atoms with van der Waals surface area (Å²) >= 11 is 6.04. The molecule has 1 atom stereocenters. The van der Waals surface area contributed by atoms with Crippen molar-refractivity contribution in [1.82, 2.24) is 24.2 Å². The highest BCUT2D eigenvalue weighted by Crippen LogP contribution is 2.21. The van der Waals surface area contributed by atoms with E-state index < -0.39 is 0 Å². The summed E-state index contributed by atoms with van der Waals surface area (Å²) in [7, 11) is 6.14. The fraction of sp³-hybridized carbons (Fsp3) is 0.692. The van der Waals surface area contributed by atoms with E-state index in [0.29, 0.717) is 11.9 Å². The Morgan fingerprint density at radius 1 is 1.37 bits per heavy atom. The minimum absolute atomic E-state index is 0.416. The van der Waals surface area contributed by atoms with Gasteiger partial charge in [0.25, 0.3) is 0 Å². The third kappa shape index (κ3) is 2.49. The normalized spacial score (nSPS) is 13.6. The first-order chi connectivity index (χ1) is 8.99. The zero-order valence-electron chi connectivity index (χ0n) is 12.3. The third-order valence-corrected chi connectivity index (χ3v) is 3.89. The Hall–Kier alpha value is -1.07. The molecule has 0 bridgehead atoms. The molecule has 0 aliphatic carbocycles. The zero-order chi connectivity index (χ0) is 14.2. The van der Waals surface area contributed by atoms with Gasteiger partial charge < -0.3 is 9.47 Å². The Bertz CT molecular complexity index is 569. The molecule has 0 N–H and O–H groups in total. The van der Waals surface area contributed by atoms with Crippen molar-refractivity contribution in [2.75, 3.05) is 14.1 Å². The van der Waals surface area contributed by atoms with Crippen LogP contribution < -0.4 is 0 Å². The monoisotopic (exact) mass is 283 g/mol. The molecule has 0 spiro atoms. The molecule has 5 nitrogen and oxygen atoms in total. The van der Waals surface area contributed by atoms with Crippen LogP contribution in [-0.2, 0) is 25.9 Å². The lowest BCUT2D eigenvalue weighted by molar-refractivity contribution is 0.283. The molecule has 2 rings (SSSR count). The van der Waals surface area contributed by atoms with E-state index in [0.717, 1.165) is 35.6 Å². The van der Waals surface area contributed by atoms with Gasteiger partial charge in [-0.3, -0.25) is 4.68 Å². The van der Waals surface area contributed by atoms with Crippen LogP contribution in [-0.4, -0.2) is 44.4 Å². The average molecular weight is 284 g/mol. The summed E-state index contributed by atoms with van der Waals surface area (Å²) in [5, 5.41) is 4.53. The van der Waals surface area contributed by atoms with Crippen molar-refractivity contribution >= 4 is 22.8 Å². The first-order valence-corrected chi connectivity index (χ1v) is 7.16. The van der Waals surface area contributed by atoms with E-state index in [1.54, 1.807) is 0 Å². The van der Waals surface area contributed by atoms with E-state index in [1.807, 2.05) is 11.7 Å². The van der Waals surface area contributed by atoms with Crippen LogP contribution >= 0.6 is 11.6 Å². The fourth-order valence-corrected chi connectivity index (χ4v) is 2.45. The lowest BCUT2D eigenvalue weighted by Gasteiger charge is -2.21. The minimum Gasteiger partial charge on any atom is -0.310 e. The van der Waals surface area contributed by atoms with Crippen LogP contribution in [0.5, 0.6) is 0 Å². The van der Waals surface area contributed by atoms with Gasteiger partial charge in [-0.15, -0.1) is 11.6 Å². The Labute approximate surface area is 119 Å². The predicted octanol–water partition coefficient (Wildman–Crippen LogP) is 2.02. The number of rotatable bonds is 5. The Balaban J connectivity index is 2.54. The molecule has 2 aromatic heterocycles. The molecule has 2 heterocycles. The van der Waals surface area contributed by atoms with Gasteiger partial charge >= 0.3 is 0 Å². The summed E-state index contributed by atoms with van der Waals surface area (Å²) in [6.07, 6.45) is 0.888. The molecular formula is C13H22ClN5. The fourth-order valence-electron chi connectivity index (χ4n) is 2.25. The van der Waals surface area contributed by atoms with Crippen molar-refractivity contribution in [3.8, 4) is 0 Å². The molecule has 106 valence electrons. The third-order valence-electron chi connectivity index (χ3n) is 3.65. The van der Waals surface area contributed by atoms with Crippen molar-refractivity contribution in [3.05, 3.63) is 11.5 Å². The van der Waals surface area contributed by atoms with Gasteiger partial charge in [-0.1, -0.05) is 6.92 Å². The van der Waals surface area contributed by atoms with Crippen molar-refractivity contribution < 1.29 is 0 Å². The van der Waals surface area contributed by atoms with E-state index in [-0.39, 0.29) is 0 Å². The van der Waals surface area contributed by atoms with Crippen molar-refractivity contribution in [3.63, 3.8) is 0 Å². The van der Waals surface area contributed by atoms with E-state index in [2.05, 4.69) is 47.5 Å². The largest absolute Gasteiger partial charge is 0.310 e. The number of alkyl halides is 1. The van der Waals surface area contributed by atoms with E-state index in [9.17, 15) is 0 Å². The number of likely N-dealkylation sites (N-methyl/N-ethyl adjacent to an activating group) is 1. The Morgan fingerprint density at radius 3 is 2.58 bits per heavy atom. The summed E-state index contributed by atoms with van der Waals surface area (Å²) in [4.78, 5) is 6.86. The molecule has 0 fully saturated rings. The lowest BCUT2D eigenvalue weighted by Crippen LogP contribution is -2.30. The maximum atomic E-state index is 6.04. The first-order valence-electron chi connectivity index (χ1n) is 6.62. The Kier molecular flexibility index (Phi) is 4.16. The van der Waals surface area contributed by atoms with Gasteiger partial charge in [-0.05, 0) is 27.4 Å². The van der Waals surface area contributed by atoms with Crippen LogP contribution in [0.4, 0.5) is 0 Å². The molecule has 6 heteroatoms. The van der Waals surface area contributed by atoms with Crippen LogP contribution in [0.15, 0.2) is 0 Å². The van der Waals surface area contributed by atoms with Gasteiger partial charge in [0.2, 0.25) is 0 Å². The Morgan fingerprint density at radius 2 is 2.05 bits per heavy atom. The number of aryl methyl sites for hydroxylation is 2. The highest BCUT2D eigenvalue weighted by atomic mass is 35.5. The molecule has 0 saturated heterocycles. The van der Waals surface area contributed by atoms with Gasteiger partial charge in [0.05, 0.1) is 11.6 Å². The number of nitrogens with zero attached hydrogens (tertiary/aromatic N) is 5. The maximum absolute atomic E-state index is 6.04. The summed E-state index contributed by atoms with van der Waals surface area (Å²) in [5.41, 5.74) is 3.10. The van der Waals surface area contributed by atoms with Crippen LogP contribution in [0.1, 0.15) is 25.4 Å². The molecule has 19 heavy (non-hydrogen) atoms. The van der Waals surface area contributed by atoms with Gasteiger partial charge in [0.1, 0.15) is 11.3 Å². The molecule has 0 aromatic carbocycles. The van der Waals surface area contributed by atoms with Gasteiger partial charge in [0, 0.05) is 19.6 Å². The van der Waals surface area contributed by atoms with Crippen molar-refractivity contribution in [2.24, 2.45) is 7.05 Å². The second-order valence-corrected chi connectivity index (χ2v) is 5.45. The summed E-state index contributed by atoms with van der Waals surface area (Å²) in [5.74, 6) is 1.35. The molecule has 1 unspecified atom stereocenters. The lowest BCUT2D eigenvalue weighted by atomic mass is 10.3. The smallest absolute Gasteiger partial charge is 0.158 e. The van der Waals surface area contributed by atoms with Crippen LogP contribution in [0.2, 0.25) is 0 Å².